The van der Waals surface area contributed by atoms with Crippen molar-refractivity contribution in [2.24, 2.45) is 16.7 Å². The summed E-state index contributed by atoms with van der Waals surface area (Å²) >= 11 is 0. The van der Waals surface area contributed by atoms with Crippen LogP contribution in [0.25, 0.3) is 0 Å². The van der Waals surface area contributed by atoms with Crippen LogP contribution in [0.2, 0.25) is 0 Å². The number of hydrogen-bond donors (Lipinski definition) is 0. The molecule has 2 atom stereocenters. The lowest BCUT2D eigenvalue weighted by molar-refractivity contribution is 0.271. The first kappa shape index (κ1) is 9.30. The van der Waals surface area contributed by atoms with Crippen LogP contribution in [0, 0.1) is 16.7 Å². The van der Waals surface area contributed by atoms with Crippen LogP contribution in [0.15, 0.2) is 11.1 Å². The zero-order chi connectivity index (χ0) is 9.85. The largest absolute Gasteiger partial charge is 0.0761 e. The molecule has 0 spiro atoms. The minimum atomic E-state index is 0.492. The Morgan fingerprint density at radius 3 is 2.15 bits per heavy atom. The molecule has 0 amide bonds. The van der Waals surface area contributed by atoms with Gasteiger partial charge in [0.05, 0.1) is 0 Å². The van der Waals surface area contributed by atoms with Crippen molar-refractivity contribution >= 4 is 0 Å². The van der Waals surface area contributed by atoms with Crippen molar-refractivity contribution < 1.29 is 0 Å². The summed E-state index contributed by atoms with van der Waals surface area (Å²) in [6, 6.07) is 0. The van der Waals surface area contributed by atoms with Crippen molar-refractivity contribution in [2.45, 2.75) is 53.9 Å². The molecule has 0 nitrogen and oxygen atoms in total. The first-order valence-electron chi connectivity index (χ1n) is 5.56. The van der Waals surface area contributed by atoms with Gasteiger partial charge in [-0.1, -0.05) is 31.9 Å². The quantitative estimate of drug-likeness (QED) is 0.488. The minimum absolute atomic E-state index is 0.492. The summed E-state index contributed by atoms with van der Waals surface area (Å²) in [5.41, 5.74) is 4.41. The van der Waals surface area contributed by atoms with Gasteiger partial charge in [0.2, 0.25) is 0 Å². The van der Waals surface area contributed by atoms with Crippen molar-refractivity contribution in [1.29, 1.82) is 0 Å². The Morgan fingerprint density at radius 2 is 1.85 bits per heavy atom. The Bertz CT molecular complexity index is 259. The Hall–Kier alpha value is -0.260. The van der Waals surface area contributed by atoms with Crippen molar-refractivity contribution in [3.63, 3.8) is 0 Å². The van der Waals surface area contributed by atoms with Crippen molar-refractivity contribution in [3.05, 3.63) is 11.1 Å². The van der Waals surface area contributed by atoms with E-state index in [1.54, 1.807) is 11.1 Å². The molecule has 2 bridgehead atoms. The lowest BCUT2D eigenvalue weighted by Gasteiger charge is -2.38. The highest BCUT2D eigenvalue weighted by molar-refractivity contribution is 5.34. The predicted octanol–water partition coefficient (Wildman–Crippen LogP) is 4.17. The first-order chi connectivity index (χ1) is 5.88. The molecule has 0 heterocycles. The van der Waals surface area contributed by atoms with Crippen LogP contribution in [0.5, 0.6) is 0 Å². The summed E-state index contributed by atoms with van der Waals surface area (Å²) in [5, 5.41) is 0. The molecule has 0 aromatic rings. The lowest BCUT2D eigenvalue weighted by atomic mass is 9.67. The molecule has 0 aliphatic heterocycles. The van der Waals surface area contributed by atoms with Crippen LogP contribution in [0.4, 0.5) is 0 Å². The number of rotatable bonds is 0. The molecule has 0 saturated heterocycles. The second-order valence-corrected chi connectivity index (χ2v) is 6.10. The van der Waals surface area contributed by atoms with Gasteiger partial charge in [-0.2, -0.15) is 0 Å². The molecule has 2 aliphatic rings. The highest BCUT2D eigenvalue weighted by Crippen LogP contribution is 2.66. The van der Waals surface area contributed by atoms with Crippen LogP contribution < -0.4 is 0 Å². The van der Waals surface area contributed by atoms with Gasteiger partial charge in [-0.3, -0.25) is 0 Å². The molecule has 0 radical (unpaired) electrons. The molecule has 0 unspecified atom stereocenters. The molecule has 2 aliphatic carbocycles. The SMILES string of the molecule is CC(C)=C1C(C)(C)[C@H]2CC[C@]1(C)C2. The van der Waals surface area contributed by atoms with Crippen LogP contribution >= 0.6 is 0 Å². The number of allylic oxidation sites excluding steroid dienone is 2. The van der Waals surface area contributed by atoms with E-state index in [2.05, 4.69) is 34.6 Å². The van der Waals surface area contributed by atoms with Crippen molar-refractivity contribution in [3.8, 4) is 0 Å². The third kappa shape index (κ3) is 1.04. The summed E-state index contributed by atoms with van der Waals surface area (Å²) < 4.78 is 0. The van der Waals surface area contributed by atoms with Gasteiger partial charge in [0.25, 0.3) is 0 Å². The monoisotopic (exact) mass is 178 g/mol. The number of hydrogen-bond acceptors (Lipinski definition) is 0. The van der Waals surface area contributed by atoms with E-state index in [4.69, 9.17) is 0 Å². The summed E-state index contributed by atoms with van der Waals surface area (Å²) in [6.45, 7) is 12.0. The zero-order valence-corrected chi connectivity index (χ0v) is 9.70. The lowest BCUT2D eigenvalue weighted by Crippen LogP contribution is -2.27. The molecule has 0 aromatic heterocycles. The summed E-state index contributed by atoms with van der Waals surface area (Å²) in [5.74, 6) is 0.961. The Balaban J connectivity index is 2.52. The fraction of sp³-hybridized carbons (Fsp3) is 0.846. The molecule has 2 rings (SSSR count). The molecule has 0 N–H and O–H groups in total. The summed E-state index contributed by atoms with van der Waals surface area (Å²) in [7, 11) is 0. The molecule has 0 heteroatoms. The van der Waals surface area contributed by atoms with E-state index in [1.807, 2.05) is 0 Å². The fourth-order valence-corrected chi connectivity index (χ4v) is 4.31. The fourth-order valence-electron chi connectivity index (χ4n) is 4.31. The maximum Gasteiger partial charge on any atom is -0.0105 e. The van der Waals surface area contributed by atoms with E-state index >= 15 is 0 Å². The Morgan fingerprint density at radius 1 is 1.23 bits per heavy atom. The minimum Gasteiger partial charge on any atom is -0.0761 e. The normalized spacial score (nSPS) is 41.3. The van der Waals surface area contributed by atoms with Gasteiger partial charge < -0.3 is 0 Å². The van der Waals surface area contributed by atoms with E-state index in [1.165, 1.54) is 19.3 Å². The van der Waals surface area contributed by atoms with Gasteiger partial charge in [0, 0.05) is 0 Å². The van der Waals surface area contributed by atoms with Crippen molar-refractivity contribution in [1.82, 2.24) is 0 Å². The second-order valence-electron chi connectivity index (χ2n) is 6.10. The molecular formula is C13H22. The zero-order valence-electron chi connectivity index (χ0n) is 9.70. The third-order valence-electron chi connectivity index (χ3n) is 4.51. The molecule has 2 fully saturated rings. The maximum atomic E-state index is 2.48. The van der Waals surface area contributed by atoms with Crippen LogP contribution in [0.1, 0.15) is 53.9 Å². The van der Waals surface area contributed by atoms with Gasteiger partial charge in [-0.05, 0) is 49.9 Å². The third-order valence-corrected chi connectivity index (χ3v) is 4.51. The van der Waals surface area contributed by atoms with Crippen molar-refractivity contribution in [2.75, 3.05) is 0 Å². The average molecular weight is 178 g/mol. The molecule has 0 aromatic carbocycles. The molecule has 74 valence electrons. The first-order valence-corrected chi connectivity index (χ1v) is 5.56. The molecule has 13 heavy (non-hydrogen) atoms. The van der Waals surface area contributed by atoms with E-state index in [9.17, 15) is 0 Å². The second kappa shape index (κ2) is 2.40. The van der Waals surface area contributed by atoms with E-state index < -0.39 is 0 Å². The topological polar surface area (TPSA) is 0 Å². The van der Waals surface area contributed by atoms with Gasteiger partial charge in [0.15, 0.2) is 0 Å². The van der Waals surface area contributed by atoms with Gasteiger partial charge in [0.1, 0.15) is 0 Å². The van der Waals surface area contributed by atoms with E-state index in [-0.39, 0.29) is 0 Å². The Labute approximate surface area is 82.4 Å². The summed E-state index contributed by atoms with van der Waals surface area (Å²) in [4.78, 5) is 0. The maximum absolute atomic E-state index is 2.48. The standard InChI is InChI=1S/C13H22/c1-9(2)11-12(3,4)10-6-7-13(11,5)8-10/h10H,6-8H2,1-5H3/t10-,13+/m0/s1. The van der Waals surface area contributed by atoms with Gasteiger partial charge >= 0.3 is 0 Å². The average Bonchev–Trinajstić information content (AvgIpc) is 2.36. The van der Waals surface area contributed by atoms with Gasteiger partial charge in [-0.25, -0.2) is 0 Å². The van der Waals surface area contributed by atoms with Crippen LogP contribution in [-0.4, -0.2) is 0 Å². The summed E-state index contributed by atoms with van der Waals surface area (Å²) in [6.07, 6.45) is 4.34. The number of fused-ring (bicyclic) bond motifs is 2. The van der Waals surface area contributed by atoms with E-state index in [0.717, 1.165) is 5.92 Å². The van der Waals surface area contributed by atoms with Gasteiger partial charge in [-0.15, -0.1) is 0 Å². The highest BCUT2D eigenvalue weighted by atomic mass is 14.6. The van der Waals surface area contributed by atoms with Crippen LogP contribution in [-0.2, 0) is 0 Å². The highest BCUT2D eigenvalue weighted by Gasteiger charge is 2.55. The predicted molar refractivity (Wildman–Crippen MR) is 57.6 cm³/mol. The smallest absolute Gasteiger partial charge is 0.0105 e. The molecule has 2 saturated carbocycles. The molecular weight excluding hydrogens is 156 g/mol. The van der Waals surface area contributed by atoms with E-state index in [0.29, 0.717) is 10.8 Å². The van der Waals surface area contributed by atoms with Crippen LogP contribution in [0.3, 0.4) is 0 Å². The Kier molecular flexibility index (Phi) is 1.72.